The summed E-state index contributed by atoms with van der Waals surface area (Å²) in [5.41, 5.74) is 3.13. The maximum absolute atomic E-state index is 12.8. The zero-order valence-corrected chi connectivity index (χ0v) is 17.0. The van der Waals surface area contributed by atoms with Gasteiger partial charge in [0.05, 0.1) is 26.1 Å². The second kappa shape index (κ2) is 8.29. The number of carbonyl (C=O) groups excluding carboxylic acids is 1. The third kappa shape index (κ3) is 3.93. The molecule has 7 nitrogen and oxygen atoms in total. The number of likely N-dealkylation sites (N-methyl/N-ethyl adjacent to an activating group) is 1. The lowest BCUT2D eigenvalue weighted by Gasteiger charge is -2.18. The van der Waals surface area contributed by atoms with Crippen LogP contribution in [0.1, 0.15) is 35.8 Å². The molecule has 148 valence electrons. The van der Waals surface area contributed by atoms with Gasteiger partial charge in [-0.15, -0.1) is 0 Å². The van der Waals surface area contributed by atoms with E-state index >= 15 is 0 Å². The van der Waals surface area contributed by atoms with Crippen molar-refractivity contribution in [3.05, 3.63) is 47.9 Å². The lowest BCUT2D eigenvalue weighted by atomic mass is 10.1. The molecule has 28 heavy (non-hydrogen) atoms. The highest BCUT2D eigenvalue weighted by atomic mass is 16.5. The molecule has 1 amide bonds. The van der Waals surface area contributed by atoms with Crippen molar-refractivity contribution in [3.8, 4) is 11.5 Å². The number of nitrogens with zero attached hydrogens (tertiary/aromatic N) is 4. The minimum Gasteiger partial charge on any atom is -0.493 e. The number of pyridine rings is 1. The Labute approximate surface area is 164 Å². The smallest absolute Gasteiger partial charge is 0.255 e. The SMILES string of the molecule is COc1ccc(CCN(C)C(=O)c2cnc3c(c2)ncn3C(C)C)cc1OC. The Morgan fingerprint density at radius 1 is 1.14 bits per heavy atom. The van der Waals surface area contributed by atoms with Crippen molar-refractivity contribution in [1.82, 2.24) is 19.4 Å². The summed E-state index contributed by atoms with van der Waals surface area (Å²) in [6.07, 6.45) is 4.09. The Hall–Kier alpha value is -3.09. The monoisotopic (exact) mass is 382 g/mol. The third-order valence-electron chi connectivity index (χ3n) is 4.75. The molecule has 0 unspecified atom stereocenters. The number of carbonyl (C=O) groups is 1. The van der Waals surface area contributed by atoms with E-state index in [1.807, 2.05) is 22.8 Å². The molecule has 0 saturated heterocycles. The van der Waals surface area contributed by atoms with Crippen molar-refractivity contribution < 1.29 is 14.3 Å². The first-order chi connectivity index (χ1) is 13.4. The standard InChI is InChI=1S/C21H26N4O3/c1-14(2)25-13-23-17-11-16(12-22-20(17)25)21(26)24(3)9-8-15-6-7-18(27-4)19(10-15)28-5/h6-7,10-14H,8-9H2,1-5H3. The first-order valence-corrected chi connectivity index (χ1v) is 9.23. The maximum atomic E-state index is 12.8. The van der Waals surface area contributed by atoms with Crippen LogP contribution in [0.4, 0.5) is 0 Å². The number of fused-ring (bicyclic) bond motifs is 1. The molecule has 0 bridgehead atoms. The van der Waals surface area contributed by atoms with Gasteiger partial charge < -0.3 is 18.9 Å². The summed E-state index contributed by atoms with van der Waals surface area (Å²) < 4.78 is 12.6. The number of hydrogen-bond acceptors (Lipinski definition) is 5. The van der Waals surface area contributed by atoms with Crippen molar-refractivity contribution in [2.45, 2.75) is 26.3 Å². The molecule has 0 atom stereocenters. The Morgan fingerprint density at radius 2 is 1.89 bits per heavy atom. The van der Waals surface area contributed by atoms with Crippen molar-refractivity contribution >= 4 is 17.1 Å². The van der Waals surface area contributed by atoms with E-state index in [9.17, 15) is 4.79 Å². The van der Waals surface area contributed by atoms with Crippen molar-refractivity contribution in [2.75, 3.05) is 27.8 Å². The van der Waals surface area contributed by atoms with Gasteiger partial charge in [-0.3, -0.25) is 4.79 Å². The first-order valence-electron chi connectivity index (χ1n) is 9.23. The number of ether oxygens (including phenoxy) is 2. The van der Waals surface area contributed by atoms with E-state index < -0.39 is 0 Å². The third-order valence-corrected chi connectivity index (χ3v) is 4.75. The highest BCUT2D eigenvalue weighted by Gasteiger charge is 2.15. The van der Waals surface area contributed by atoms with Crippen LogP contribution < -0.4 is 9.47 Å². The molecular formula is C21H26N4O3. The minimum atomic E-state index is -0.0750. The lowest BCUT2D eigenvalue weighted by Crippen LogP contribution is -2.29. The summed E-state index contributed by atoms with van der Waals surface area (Å²) in [6.45, 7) is 4.72. The van der Waals surface area contributed by atoms with Crippen LogP contribution >= 0.6 is 0 Å². The van der Waals surface area contributed by atoms with Gasteiger partial charge in [0, 0.05) is 25.8 Å². The van der Waals surface area contributed by atoms with E-state index in [1.165, 1.54) is 0 Å². The van der Waals surface area contributed by atoms with E-state index in [1.54, 1.807) is 44.8 Å². The molecule has 0 aliphatic heterocycles. The van der Waals surface area contributed by atoms with Gasteiger partial charge in [0.25, 0.3) is 5.91 Å². The number of methoxy groups -OCH3 is 2. The predicted octanol–water partition coefficient (Wildman–Crippen LogP) is 3.34. The van der Waals surface area contributed by atoms with Gasteiger partial charge in [-0.1, -0.05) is 6.07 Å². The fourth-order valence-corrected chi connectivity index (χ4v) is 3.07. The minimum absolute atomic E-state index is 0.0750. The van der Waals surface area contributed by atoms with Gasteiger partial charge in [0.1, 0.15) is 5.52 Å². The molecule has 0 aliphatic rings. The van der Waals surface area contributed by atoms with Gasteiger partial charge in [-0.25, -0.2) is 9.97 Å². The molecule has 0 aliphatic carbocycles. The molecule has 0 radical (unpaired) electrons. The van der Waals surface area contributed by atoms with E-state index in [4.69, 9.17) is 9.47 Å². The molecule has 1 aromatic carbocycles. The van der Waals surface area contributed by atoms with Gasteiger partial charge in [-0.2, -0.15) is 0 Å². The zero-order valence-electron chi connectivity index (χ0n) is 17.0. The topological polar surface area (TPSA) is 69.5 Å². The van der Waals surface area contributed by atoms with Crippen LogP contribution in [0.25, 0.3) is 11.2 Å². The molecular weight excluding hydrogens is 356 g/mol. The van der Waals surface area contributed by atoms with Gasteiger partial charge in [-0.05, 0) is 44.0 Å². The number of imidazole rings is 1. The number of benzene rings is 1. The van der Waals surface area contributed by atoms with Crippen molar-refractivity contribution in [2.24, 2.45) is 0 Å². The molecule has 0 spiro atoms. The summed E-state index contributed by atoms with van der Waals surface area (Å²) in [5.74, 6) is 1.30. The van der Waals surface area contributed by atoms with E-state index in [-0.39, 0.29) is 11.9 Å². The Morgan fingerprint density at radius 3 is 2.57 bits per heavy atom. The quantitative estimate of drug-likeness (QED) is 0.627. The number of rotatable bonds is 7. The predicted molar refractivity (Wildman–Crippen MR) is 108 cm³/mol. The normalized spacial score (nSPS) is 11.1. The summed E-state index contributed by atoms with van der Waals surface area (Å²) in [4.78, 5) is 23.3. The van der Waals surface area contributed by atoms with E-state index in [2.05, 4.69) is 23.8 Å². The fourth-order valence-electron chi connectivity index (χ4n) is 3.07. The van der Waals surface area contributed by atoms with Gasteiger partial charge in [0.15, 0.2) is 17.1 Å². The highest BCUT2D eigenvalue weighted by Crippen LogP contribution is 2.27. The summed E-state index contributed by atoms with van der Waals surface area (Å²) >= 11 is 0. The number of aromatic nitrogens is 3. The highest BCUT2D eigenvalue weighted by molar-refractivity contribution is 5.96. The summed E-state index contributed by atoms with van der Waals surface area (Å²) in [5, 5.41) is 0. The maximum Gasteiger partial charge on any atom is 0.255 e. The van der Waals surface area contributed by atoms with Crippen LogP contribution in [0.5, 0.6) is 11.5 Å². The first kappa shape index (κ1) is 19.7. The second-order valence-electron chi connectivity index (χ2n) is 6.98. The Balaban J connectivity index is 1.70. The van der Waals surface area contributed by atoms with Crippen LogP contribution in [-0.4, -0.2) is 53.2 Å². The van der Waals surface area contributed by atoms with Crippen molar-refractivity contribution in [3.63, 3.8) is 0 Å². The van der Waals surface area contributed by atoms with Crippen LogP contribution in [0, 0.1) is 0 Å². The Bertz CT molecular complexity index is 981. The van der Waals surface area contributed by atoms with Crippen LogP contribution in [0.3, 0.4) is 0 Å². The number of hydrogen-bond donors (Lipinski definition) is 0. The second-order valence-corrected chi connectivity index (χ2v) is 6.98. The molecule has 3 rings (SSSR count). The molecule has 0 fully saturated rings. The van der Waals surface area contributed by atoms with Gasteiger partial charge in [0.2, 0.25) is 0 Å². The molecule has 3 aromatic rings. The Kier molecular flexibility index (Phi) is 5.82. The van der Waals surface area contributed by atoms with Crippen molar-refractivity contribution in [1.29, 1.82) is 0 Å². The average molecular weight is 382 g/mol. The lowest BCUT2D eigenvalue weighted by molar-refractivity contribution is 0.0796. The summed E-state index contributed by atoms with van der Waals surface area (Å²) in [7, 11) is 5.01. The molecule has 0 saturated carbocycles. The zero-order chi connectivity index (χ0) is 20.3. The molecule has 2 heterocycles. The average Bonchev–Trinajstić information content (AvgIpc) is 3.14. The molecule has 2 aromatic heterocycles. The van der Waals surface area contributed by atoms with Crippen LogP contribution in [0.15, 0.2) is 36.8 Å². The van der Waals surface area contributed by atoms with Gasteiger partial charge >= 0.3 is 0 Å². The number of amides is 1. The van der Waals surface area contributed by atoms with Crippen LogP contribution in [-0.2, 0) is 6.42 Å². The van der Waals surface area contributed by atoms with E-state index in [0.717, 1.165) is 16.7 Å². The van der Waals surface area contributed by atoms with Crippen LogP contribution in [0.2, 0.25) is 0 Å². The summed E-state index contributed by atoms with van der Waals surface area (Å²) in [6, 6.07) is 7.85. The molecule has 7 heteroatoms. The van der Waals surface area contributed by atoms with E-state index in [0.29, 0.717) is 30.0 Å². The fraction of sp³-hybridized carbons (Fsp3) is 0.381. The molecule has 0 N–H and O–H groups in total. The largest absolute Gasteiger partial charge is 0.493 e.